The molecule has 13 heavy (non-hydrogen) atoms. The summed E-state index contributed by atoms with van der Waals surface area (Å²) in [5.74, 6) is 0. The number of rotatable bonds is 3. The van der Waals surface area contributed by atoms with Gasteiger partial charge in [-0.05, 0) is 30.5 Å². The first-order valence-corrected chi connectivity index (χ1v) is 4.27. The van der Waals surface area contributed by atoms with Gasteiger partial charge in [-0.15, -0.1) is 0 Å². The summed E-state index contributed by atoms with van der Waals surface area (Å²) >= 11 is 0. The van der Waals surface area contributed by atoms with E-state index >= 15 is 0 Å². The molecule has 0 unspecified atom stereocenters. The van der Waals surface area contributed by atoms with Crippen LogP contribution in [-0.2, 0) is 6.42 Å². The summed E-state index contributed by atoms with van der Waals surface area (Å²) in [7, 11) is 0. The number of nitrogens with zero attached hydrogens (tertiary/aromatic N) is 1. The Labute approximate surface area is 77.5 Å². The first-order valence-electron chi connectivity index (χ1n) is 4.27. The Bertz CT molecular complexity index is 321. The fourth-order valence-electron chi connectivity index (χ4n) is 1.18. The van der Waals surface area contributed by atoms with E-state index < -0.39 is 0 Å². The van der Waals surface area contributed by atoms with Gasteiger partial charge in [0.1, 0.15) is 0 Å². The van der Waals surface area contributed by atoms with Crippen molar-refractivity contribution in [2.45, 2.75) is 20.3 Å². The Morgan fingerprint density at radius 2 is 2.00 bits per heavy atom. The molecular formula is C10H13NO2. The molecule has 0 aromatic heterocycles. The van der Waals surface area contributed by atoms with Crippen LogP contribution >= 0.6 is 0 Å². The molecule has 1 rings (SSSR count). The van der Waals surface area contributed by atoms with E-state index in [2.05, 4.69) is 0 Å². The lowest BCUT2D eigenvalue weighted by Gasteiger charge is -2.02. The minimum absolute atomic E-state index is 0.0164. The Hall–Kier alpha value is -1.38. The zero-order valence-corrected chi connectivity index (χ0v) is 7.91. The van der Waals surface area contributed by atoms with E-state index in [9.17, 15) is 10.1 Å². The maximum Gasteiger partial charge on any atom is 0.207 e. The van der Waals surface area contributed by atoms with Crippen molar-refractivity contribution in [2.75, 3.05) is 6.54 Å². The quantitative estimate of drug-likeness (QED) is 0.527. The maximum absolute atomic E-state index is 10.1. The van der Waals surface area contributed by atoms with E-state index in [-0.39, 0.29) is 11.5 Å². The maximum atomic E-state index is 10.1. The van der Waals surface area contributed by atoms with E-state index in [1.165, 1.54) is 11.1 Å². The van der Waals surface area contributed by atoms with Gasteiger partial charge in [-0.3, -0.25) is 10.1 Å². The van der Waals surface area contributed by atoms with Crippen LogP contribution in [-0.4, -0.2) is 11.5 Å². The zero-order chi connectivity index (χ0) is 9.84. The minimum atomic E-state index is -0.283. The molecule has 0 saturated heterocycles. The van der Waals surface area contributed by atoms with Gasteiger partial charge in [-0.1, -0.05) is 18.2 Å². The fraction of sp³-hybridized carbons (Fsp3) is 0.400. The predicted molar refractivity (Wildman–Crippen MR) is 51.5 cm³/mol. The van der Waals surface area contributed by atoms with Crippen LogP contribution in [0, 0.1) is 24.0 Å². The Morgan fingerprint density at radius 3 is 2.54 bits per heavy atom. The summed E-state index contributed by atoms with van der Waals surface area (Å²) < 4.78 is 0. The molecular weight excluding hydrogens is 166 g/mol. The average Bonchev–Trinajstić information content (AvgIpc) is 2.07. The molecule has 0 fully saturated rings. The molecule has 3 heteroatoms. The van der Waals surface area contributed by atoms with Crippen LogP contribution in [0.15, 0.2) is 18.2 Å². The average molecular weight is 179 g/mol. The molecule has 0 bridgehead atoms. The van der Waals surface area contributed by atoms with Crippen molar-refractivity contribution in [2.24, 2.45) is 0 Å². The van der Waals surface area contributed by atoms with Crippen molar-refractivity contribution >= 4 is 0 Å². The highest BCUT2D eigenvalue weighted by molar-refractivity contribution is 5.29. The van der Waals surface area contributed by atoms with Gasteiger partial charge in [0.05, 0.1) is 0 Å². The lowest BCUT2D eigenvalue weighted by molar-refractivity contribution is -0.479. The number of benzene rings is 1. The lowest BCUT2D eigenvalue weighted by Crippen LogP contribution is -2.04. The molecule has 0 atom stereocenters. The highest BCUT2D eigenvalue weighted by Gasteiger charge is 2.00. The van der Waals surface area contributed by atoms with Gasteiger partial charge in [0.15, 0.2) is 0 Å². The van der Waals surface area contributed by atoms with Crippen LogP contribution in [0.25, 0.3) is 0 Å². The summed E-state index contributed by atoms with van der Waals surface area (Å²) in [6, 6.07) is 5.97. The number of aryl methyl sites for hydroxylation is 2. The van der Waals surface area contributed by atoms with Gasteiger partial charge in [0.2, 0.25) is 6.54 Å². The third kappa shape index (κ3) is 2.86. The molecule has 0 amide bonds. The number of hydrogen-bond donors (Lipinski definition) is 0. The minimum Gasteiger partial charge on any atom is -0.265 e. The topological polar surface area (TPSA) is 43.1 Å². The van der Waals surface area contributed by atoms with Crippen molar-refractivity contribution in [3.05, 3.63) is 45.0 Å². The van der Waals surface area contributed by atoms with Crippen molar-refractivity contribution in [3.63, 3.8) is 0 Å². The second-order valence-electron chi connectivity index (χ2n) is 3.22. The number of nitro groups is 1. The van der Waals surface area contributed by atoms with E-state index in [0.717, 1.165) is 5.56 Å². The van der Waals surface area contributed by atoms with Gasteiger partial charge in [-0.25, -0.2) is 0 Å². The standard InChI is InChI=1S/C10H13NO2/c1-8-3-4-10(7-9(8)2)5-6-11(12)13/h3-4,7H,5-6H2,1-2H3. The Morgan fingerprint density at radius 1 is 1.31 bits per heavy atom. The van der Waals surface area contributed by atoms with Crippen LogP contribution in [0.5, 0.6) is 0 Å². The van der Waals surface area contributed by atoms with Crippen molar-refractivity contribution < 1.29 is 4.92 Å². The Kier molecular flexibility index (Phi) is 3.01. The largest absolute Gasteiger partial charge is 0.265 e. The van der Waals surface area contributed by atoms with E-state index in [4.69, 9.17) is 0 Å². The van der Waals surface area contributed by atoms with Gasteiger partial charge >= 0.3 is 0 Å². The zero-order valence-electron chi connectivity index (χ0n) is 7.91. The fourth-order valence-corrected chi connectivity index (χ4v) is 1.18. The molecule has 0 aliphatic heterocycles. The highest BCUT2D eigenvalue weighted by atomic mass is 16.6. The Balaban J connectivity index is 2.68. The predicted octanol–water partition coefficient (Wildman–Crippen LogP) is 2.12. The molecule has 0 saturated carbocycles. The van der Waals surface area contributed by atoms with Gasteiger partial charge in [-0.2, -0.15) is 0 Å². The molecule has 0 heterocycles. The van der Waals surface area contributed by atoms with Crippen LogP contribution in [0.1, 0.15) is 16.7 Å². The molecule has 1 aromatic rings. The summed E-state index contributed by atoms with van der Waals surface area (Å²) in [6.45, 7) is 4.07. The second kappa shape index (κ2) is 4.03. The third-order valence-electron chi connectivity index (χ3n) is 2.15. The normalized spacial score (nSPS) is 10.0. The second-order valence-corrected chi connectivity index (χ2v) is 3.22. The lowest BCUT2D eigenvalue weighted by atomic mass is 10.0. The van der Waals surface area contributed by atoms with Crippen LogP contribution in [0.4, 0.5) is 0 Å². The van der Waals surface area contributed by atoms with Crippen LogP contribution in [0.2, 0.25) is 0 Å². The van der Waals surface area contributed by atoms with E-state index in [0.29, 0.717) is 6.42 Å². The smallest absolute Gasteiger partial charge is 0.207 e. The van der Waals surface area contributed by atoms with Crippen molar-refractivity contribution in [1.29, 1.82) is 0 Å². The summed E-state index contributed by atoms with van der Waals surface area (Å²) in [5, 5.41) is 10.1. The van der Waals surface area contributed by atoms with Gasteiger partial charge in [0, 0.05) is 11.3 Å². The molecule has 0 radical (unpaired) electrons. The third-order valence-corrected chi connectivity index (χ3v) is 2.15. The molecule has 0 aliphatic rings. The summed E-state index contributed by atoms with van der Waals surface area (Å²) in [4.78, 5) is 9.85. The van der Waals surface area contributed by atoms with Crippen LogP contribution in [0.3, 0.4) is 0 Å². The number of hydrogen-bond acceptors (Lipinski definition) is 2. The molecule has 0 aliphatic carbocycles. The first-order chi connectivity index (χ1) is 6.09. The first kappa shape index (κ1) is 9.71. The van der Waals surface area contributed by atoms with E-state index in [1.54, 1.807) is 0 Å². The SMILES string of the molecule is Cc1ccc(CC[N+](=O)[O-])cc1C. The molecule has 70 valence electrons. The van der Waals surface area contributed by atoms with Crippen LogP contribution < -0.4 is 0 Å². The summed E-state index contributed by atoms with van der Waals surface area (Å²) in [5.41, 5.74) is 3.46. The van der Waals surface area contributed by atoms with Gasteiger partial charge in [0.25, 0.3) is 0 Å². The van der Waals surface area contributed by atoms with Crippen molar-refractivity contribution in [1.82, 2.24) is 0 Å². The van der Waals surface area contributed by atoms with Crippen molar-refractivity contribution in [3.8, 4) is 0 Å². The highest BCUT2D eigenvalue weighted by Crippen LogP contribution is 2.10. The monoisotopic (exact) mass is 179 g/mol. The summed E-state index contributed by atoms with van der Waals surface area (Å²) in [6.07, 6.45) is 0.522. The van der Waals surface area contributed by atoms with E-state index in [1.807, 2.05) is 32.0 Å². The molecule has 0 spiro atoms. The van der Waals surface area contributed by atoms with Gasteiger partial charge < -0.3 is 0 Å². The molecule has 1 aromatic carbocycles. The molecule has 0 N–H and O–H groups in total. The molecule has 3 nitrogen and oxygen atoms in total.